The van der Waals surface area contributed by atoms with Gasteiger partial charge in [-0.05, 0) is 0 Å². The maximum Gasteiger partial charge on any atom is 0.336 e. The van der Waals surface area contributed by atoms with Crippen LogP contribution in [0.15, 0.2) is 12.8 Å². The highest BCUT2D eigenvalue weighted by Gasteiger charge is 1.99. The minimum atomic E-state index is -0.461. The van der Waals surface area contributed by atoms with Crippen LogP contribution in [0.4, 0.5) is 0 Å². The van der Waals surface area contributed by atoms with E-state index < -0.39 is 5.97 Å². The first-order valence-corrected chi connectivity index (χ1v) is 4.26. The number of ether oxygens (including phenoxy) is 4. The minimum absolute atomic E-state index is 0.0837. The average Bonchev–Trinajstić information content (AvgIpc) is 2.17. The Labute approximate surface area is 83.6 Å². The van der Waals surface area contributed by atoms with Crippen molar-refractivity contribution in [2.75, 3.05) is 40.1 Å². The van der Waals surface area contributed by atoms with Gasteiger partial charge in [0.15, 0.2) is 0 Å². The number of hydrogen-bond acceptors (Lipinski definition) is 5. The van der Waals surface area contributed by atoms with Crippen LogP contribution in [-0.2, 0) is 23.7 Å². The van der Waals surface area contributed by atoms with E-state index in [9.17, 15) is 4.79 Å². The summed E-state index contributed by atoms with van der Waals surface area (Å²) in [6.45, 7) is 5.03. The first kappa shape index (κ1) is 13.1. The summed E-state index contributed by atoms with van der Waals surface area (Å²) < 4.78 is 19.2. The molecule has 14 heavy (non-hydrogen) atoms. The van der Waals surface area contributed by atoms with E-state index in [1.54, 1.807) is 7.11 Å². The van der Waals surface area contributed by atoms with Gasteiger partial charge in [0.2, 0.25) is 0 Å². The highest BCUT2D eigenvalue weighted by Crippen LogP contribution is 1.83. The number of rotatable bonds is 9. The Morgan fingerprint density at radius 3 is 2.50 bits per heavy atom. The zero-order valence-electron chi connectivity index (χ0n) is 8.36. The summed E-state index contributed by atoms with van der Waals surface area (Å²) in [4.78, 5) is 10.7. The molecule has 0 aromatic heterocycles. The number of hydrogen-bond donors (Lipinski definition) is 0. The van der Waals surface area contributed by atoms with E-state index in [1.807, 2.05) is 0 Å². The zero-order valence-corrected chi connectivity index (χ0v) is 8.36. The Bertz CT molecular complexity index is 157. The van der Waals surface area contributed by atoms with Crippen molar-refractivity contribution < 1.29 is 23.7 Å². The summed E-state index contributed by atoms with van der Waals surface area (Å²) in [6, 6.07) is 0. The van der Waals surface area contributed by atoms with Crippen molar-refractivity contribution in [2.45, 2.75) is 0 Å². The van der Waals surface area contributed by atoms with Crippen molar-refractivity contribution in [1.29, 1.82) is 0 Å². The highest BCUT2D eigenvalue weighted by molar-refractivity contribution is 5.71. The van der Waals surface area contributed by atoms with Crippen molar-refractivity contribution >= 4 is 5.97 Å². The van der Waals surface area contributed by atoms with Gasteiger partial charge < -0.3 is 18.9 Å². The summed E-state index contributed by atoms with van der Waals surface area (Å²) in [5.41, 5.74) is 0. The van der Waals surface area contributed by atoms with Crippen LogP contribution in [0.25, 0.3) is 0 Å². The molecule has 0 atom stereocenters. The van der Waals surface area contributed by atoms with E-state index in [0.29, 0.717) is 26.4 Å². The van der Waals surface area contributed by atoms with Crippen molar-refractivity contribution in [3.05, 3.63) is 12.8 Å². The van der Waals surface area contributed by atoms with Gasteiger partial charge in [0, 0.05) is 7.11 Å². The van der Waals surface area contributed by atoms with Crippen molar-refractivity contribution in [3.8, 4) is 0 Å². The molecule has 0 unspecified atom stereocenters. The van der Waals surface area contributed by atoms with Gasteiger partial charge in [-0.1, -0.05) is 6.58 Å². The van der Waals surface area contributed by atoms with E-state index in [1.165, 1.54) is 0 Å². The molecule has 0 radical (unpaired) electrons. The Hall–Kier alpha value is -0.910. The van der Waals surface area contributed by atoms with Crippen molar-refractivity contribution in [2.24, 2.45) is 0 Å². The molecule has 5 nitrogen and oxygen atoms in total. The fourth-order valence-electron chi connectivity index (χ4n) is 0.645. The van der Waals surface area contributed by atoms with Gasteiger partial charge in [-0.15, -0.1) is 0 Å². The van der Waals surface area contributed by atoms with Crippen LogP contribution >= 0.6 is 0 Å². The van der Waals surface area contributed by atoms with Gasteiger partial charge in [0.25, 0.3) is 0 Å². The summed E-state index contributed by atoms with van der Waals surface area (Å²) in [6.07, 6.45) is 1.07. The molecular weight excluding hydrogens is 188 g/mol. The van der Waals surface area contributed by atoms with Gasteiger partial charge in [-0.3, -0.25) is 0 Å². The number of methoxy groups -OCH3 is 1. The summed E-state index contributed by atoms with van der Waals surface area (Å²) in [7, 11) is 1.60. The van der Waals surface area contributed by atoms with Crippen LogP contribution < -0.4 is 0 Å². The minimum Gasteiger partial charge on any atom is -0.433 e. The SMILES string of the molecule is C=COC(=O)COCCOCCOC. The molecule has 0 N–H and O–H groups in total. The second-order valence-electron chi connectivity index (χ2n) is 2.31. The Morgan fingerprint density at radius 2 is 1.86 bits per heavy atom. The smallest absolute Gasteiger partial charge is 0.336 e. The monoisotopic (exact) mass is 204 g/mol. The lowest BCUT2D eigenvalue weighted by molar-refractivity contribution is -0.143. The predicted molar refractivity (Wildman–Crippen MR) is 49.8 cm³/mol. The molecule has 0 aromatic rings. The summed E-state index contributed by atoms with van der Waals surface area (Å²) >= 11 is 0. The van der Waals surface area contributed by atoms with E-state index in [4.69, 9.17) is 14.2 Å². The predicted octanol–water partition coefficient (Wildman–Crippen LogP) is 0.353. The molecule has 0 aliphatic heterocycles. The molecule has 0 heterocycles. The number of carbonyl (C=O) groups excluding carboxylic acids is 1. The van der Waals surface area contributed by atoms with Gasteiger partial charge in [0.1, 0.15) is 6.61 Å². The second kappa shape index (κ2) is 10.2. The molecule has 0 saturated heterocycles. The lowest BCUT2D eigenvalue weighted by atomic mass is 10.7. The first-order valence-electron chi connectivity index (χ1n) is 4.26. The number of carbonyl (C=O) groups is 1. The van der Waals surface area contributed by atoms with Gasteiger partial charge in [0.05, 0.1) is 32.7 Å². The maximum atomic E-state index is 10.7. The summed E-state index contributed by atoms with van der Waals surface area (Å²) in [5.74, 6) is -0.461. The van der Waals surface area contributed by atoms with Crippen LogP contribution in [0, 0.1) is 0 Å². The molecule has 0 bridgehead atoms. The lowest BCUT2D eigenvalue weighted by Crippen LogP contribution is -2.14. The van der Waals surface area contributed by atoms with Crippen LogP contribution in [0.1, 0.15) is 0 Å². The maximum absolute atomic E-state index is 10.7. The largest absolute Gasteiger partial charge is 0.433 e. The molecule has 0 saturated carbocycles. The van der Waals surface area contributed by atoms with Gasteiger partial charge >= 0.3 is 5.97 Å². The fraction of sp³-hybridized carbons (Fsp3) is 0.667. The third kappa shape index (κ3) is 9.18. The average molecular weight is 204 g/mol. The normalized spacial score (nSPS) is 9.79. The fourth-order valence-corrected chi connectivity index (χ4v) is 0.645. The molecule has 0 aliphatic carbocycles. The topological polar surface area (TPSA) is 54.0 Å². The Balaban J connectivity index is 3.05. The molecule has 0 aromatic carbocycles. The van der Waals surface area contributed by atoms with Crippen LogP contribution in [-0.4, -0.2) is 46.1 Å². The Morgan fingerprint density at radius 1 is 1.21 bits per heavy atom. The lowest BCUT2D eigenvalue weighted by Gasteiger charge is -2.04. The third-order valence-electron chi connectivity index (χ3n) is 1.24. The first-order chi connectivity index (χ1) is 6.81. The molecule has 0 spiro atoms. The molecule has 0 amide bonds. The summed E-state index contributed by atoms with van der Waals surface area (Å²) in [5, 5.41) is 0. The highest BCUT2D eigenvalue weighted by atomic mass is 16.6. The van der Waals surface area contributed by atoms with Crippen molar-refractivity contribution in [3.63, 3.8) is 0 Å². The molecule has 0 fully saturated rings. The van der Waals surface area contributed by atoms with E-state index >= 15 is 0 Å². The van der Waals surface area contributed by atoms with E-state index in [2.05, 4.69) is 11.3 Å². The molecule has 0 aliphatic rings. The third-order valence-corrected chi connectivity index (χ3v) is 1.24. The van der Waals surface area contributed by atoms with Crippen LogP contribution in [0.3, 0.4) is 0 Å². The van der Waals surface area contributed by atoms with Crippen LogP contribution in [0.5, 0.6) is 0 Å². The zero-order chi connectivity index (χ0) is 10.6. The van der Waals surface area contributed by atoms with Gasteiger partial charge in [-0.25, -0.2) is 4.79 Å². The number of esters is 1. The molecule has 82 valence electrons. The molecule has 0 rings (SSSR count). The van der Waals surface area contributed by atoms with Gasteiger partial charge in [-0.2, -0.15) is 0 Å². The quantitative estimate of drug-likeness (QED) is 0.308. The van der Waals surface area contributed by atoms with E-state index in [-0.39, 0.29) is 6.61 Å². The van der Waals surface area contributed by atoms with Crippen LogP contribution in [0.2, 0.25) is 0 Å². The van der Waals surface area contributed by atoms with E-state index in [0.717, 1.165) is 6.26 Å². The molecule has 5 heteroatoms. The standard InChI is InChI=1S/C9H16O5/c1-3-14-9(10)8-13-7-6-12-5-4-11-2/h3H,1,4-8H2,2H3. The second-order valence-corrected chi connectivity index (χ2v) is 2.31. The van der Waals surface area contributed by atoms with Crippen molar-refractivity contribution in [1.82, 2.24) is 0 Å². The Kier molecular flexibility index (Phi) is 9.51. The molecular formula is C9H16O5.